The fourth-order valence-electron chi connectivity index (χ4n) is 4.20. The number of para-hydroxylation sites is 1. The van der Waals surface area contributed by atoms with Crippen LogP contribution in [0.15, 0.2) is 101 Å². The highest BCUT2D eigenvalue weighted by Gasteiger charge is 2.15. The Balaban J connectivity index is 1.29. The second kappa shape index (κ2) is 10.1. The van der Waals surface area contributed by atoms with Gasteiger partial charge in [0.1, 0.15) is 6.61 Å². The van der Waals surface area contributed by atoms with Crippen LogP contribution in [-0.4, -0.2) is 29.8 Å². The van der Waals surface area contributed by atoms with Gasteiger partial charge in [-0.15, -0.1) is 0 Å². The summed E-state index contributed by atoms with van der Waals surface area (Å²) in [7, 11) is 1.58. The van der Waals surface area contributed by atoms with Crippen molar-refractivity contribution in [1.29, 1.82) is 0 Å². The number of benzene rings is 4. The molecule has 0 radical (unpaired) electrons. The zero-order valence-electron chi connectivity index (χ0n) is 20.5. The molecule has 0 fully saturated rings. The summed E-state index contributed by atoms with van der Waals surface area (Å²) in [5.74, 6) is 3.02. The lowest BCUT2D eigenvalue weighted by Gasteiger charge is -2.12. The molecule has 2 heterocycles. The Kier molecular flexibility index (Phi) is 6.19. The van der Waals surface area contributed by atoms with Crippen molar-refractivity contribution in [3.8, 4) is 34.4 Å². The highest BCUT2D eigenvalue weighted by Crippen LogP contribution is 2.34. The molecule has 1 aliphatic rings. The van der Waals surface area contributed by atoms with Crippen LogP contribution in [0.2, 0.25) is 0 Å². The van der Waals surface area contributed by atoms with Crippen LogP contribution in [0.3, 0.4) is 0 Å². The van der Waals surface area contributed by atoms with Crippen LogP contribution in [0.5, 0.6) is 23.0 Å². The first-order valence-corrected chi connectivity index (χ1v) is 12.0. The number of hydrogen-bond acceptors (Lipinski definition) is 7. The SMILES string of the molecule is COc1cc(C=Nn2c(-c3ccccc3)nc3ccccc3c2=O)ccc1OCc1ccc2c(c1)OCO2. The maximum atomic E-state index is 13.4. The molecule has 0 bridgehead atoms. The Hall–Kier alpha value is -5.11. The average molecular weight is 506 g/mol. The molecule has 4 aromatic carbocycles. The van der Waals surface area contributed by atoms with Gasteiger partial charge in [0.05, 0.1) is 24.2 Å². The lowest BCUT2D eigenvalue weighted by molar-refractivity contribution is 0.174. The molecule has 1 aliphatic heterocycles. The summed E-state index contributed by atoms with van der Waals surface area (Å²) in [5.41, 5.74) is 2.84. The second-order valence-corrected chi connectivity index (χ2v) is 8.57. The van der Waals surface area contributed by atoms with Gasteiger partial charge in [-0.3, -0.25) is 4.79 Å². The number of fused-ring (bicyclic) bond motifs is 2. The van der Waals surface area contributed by atoms with Gasteiger partial charge in [0, 0.05) is 5.56 Å². The molecule has 188 valence electrons. The van der Waals surface area contributed by atoms with E-state index in [1.54, 1.807) is 25.5 Å². The monoisotopic (exact) mass is 505 g/mol. The minimum Gasteiger partial charge on any atom is -0.493 e. The fraction of sp³-hybridized carbons (Fsp3) is 0.100. The summed E-state index contributed by atoms with van der Waals surface area (Å²) in [4.78, 5) is 18.1. The first-order chi connectivity index (χ1) is 18.7. The van der Waals surface area contributed by atoms with E-state index in [0.717, 1.165) is 22.4 Å². The number of hydrogen-bond donors (Lipinski definition) is 0. The third-order valence-corrected chi connectivity index (χ3v) is 6.13. The second-order valence-electron chi connectivity index (χ2n) is 8.57. The summed E-state index contributed by atoms with van der Waals surface area (Å²) in [6.07, 6.45) is 1.61. The van der Waals surface area contributed by atoms with E-state index in [1.165, 1.54) is 4.68 Å². The molecule has 0 aliphatic carbocycles. The third-order valence-electron chi connectivity index (χ3n) is 6.13. The van der Waals surface area contributed by atoms with E-state index >= 15 is 0 Å². The van der Waals surface area contributed by atoms with Crippen molar-refractivity contribution in [2.45, 2.75) is 6.61 Å². The molecule has 8 nitrogen and oxygen atoms in total. The van der Waals surface area contributed by atoms with Crippen LogP contribution in [0, 0.1) is 0 Å². The maximum absolute atomic E-state index is 13.4. The van der Waals surface area contributed by atoms with E-state index in [4.69, 9.17) is 23.9 Å². The van der Waals surface area contributed by atoms with E-state index < -0.39 is 0 Å². The van der Waals surface area contributed by atoms with Crippen molar-refractivity contribution in [2.75, 3.05) is 13.9 Å². The minimum atomic E-state index is -0.249. The normalized spacial score (nSPS) is 12.2. The number of methoxy groups -OCH3 is 1. The molecule has 0 unspecified atom stereocenters. The first-order valence-electron chi connectivity index (χ1n) is 12.0. The summed E-state index contributed by atoms with van der Waals surface area (Å²) in [6.45, 7) is 0.559. The van der Waals surface area contributed by atoms with Gasteiger partial charge < -0.3 is 18.9 Å². The highest BCUT2D eigenvalue weighted by molar-refractivity contribution is 5.82. The third kappa shape index (κ3) is 4.55. The minimum absolute atomic E-state index is 0.227. The number of ether oxygens (including phenoxy) is 4. The molecule has 0 saturated heterocycles. The predicted octanol–water partition coefficient (Wildman–Crippen LogP) is 5.26. The Morgan fingerprint density at radius 1 is 0.921 bits per heavy atom. The molecule has 5 aromatic rings. The van der Waals surface area contributed by atoms with Crippen molar-refractivity contribution in [3.05, 3.63) is 112 Å². The average Bonchev–Trinajstić information content (AvgIpc) is 3.44. The van der Waals surface area contributed by atoms with Crippen LogP contribution >= 0.6 is 0 Å². The van der Waals surface area contributed by atoms with Crippen LogP contribution in [0.1, 0.15) is 11.1 Å². The molecular formula is C30H23N3O5. The molecule has 0 spiro atoms. The topological polar surface area (TPSA) is 84.2 Å². The van der Waals surface area contributed by atoms with Crippen LogP contribution in [0.4, 0.5) is 0 Å². The fourth-order valence-corrected chi connectivity index (χ4v) is 4.20. The van der Waals surface area contributed by atoms with Gasteiger partial charge in [-0.25, -0.2) is 4.98 Å². The van der Waals surface area contributed by atoms with Crippen molar-refractivity contribution in [2.24, 2.45) is 5.10 Å². The highest BCUT2D eigenvalue weighted by atomic mass is 16.7. The maximum Gasteiger partial charge on any atom is 0.282 e. The quantitative estimate of drug-likeness (QED) is 0.281. The molecule has 0 atom stereocenters. The van der Waals surface area contributed by atoms with E-state index in [0.29, 0.717) is 40.6 Å². The number of rotatable bonds is 7. The van der Waals surface area contributed by atoms with Crippen LogP contribution < -0.4 is 24.5 Å². The van der Waals surface area contributed by atoms with E-state index in [-0.39, 0.29) is 12.4 Å². The standard InChI is InChI=1S/C30H23N3O5/c1-35-27-15-20(11-13-25(27)36-18-21-12-14-26-28(16-21)38-19-37-26)17-31-33-29(22-7-3-2-4-8-22)32-24-10-6-5-9-23(24)30(33)34/h2-17H,18-19H2,1H3. The zero-order valence-corrected chi connectivity index (χ0v) is 20.5. The van der Waals surface area contributed by atoms with Crippen LogP contribution in [0.25, 0.3) is 22.3 Å². The molecular weight excluding hydrogens is 482 g/mol. The van der Waals surface area contributed by atoms with Crippen LogP contribution in [-0.2, 0) is 6.61 Å². The molecule has 0 N–H and O–H groups in total. The number of nitrogens with zero attached hydrogens (tertiary/aromatic N) is 3. The van der Waals surface area contributed by atoms with Crippen molar-refractivity contribution < 1.29 is 18.9 Å². The molecule has 6 rings (SSSR count). The predicted molar refractivity (Wildman–Crippen MR) is 144 cm³/mol. The molecule has 1 aromatic heterocycles. The van der Waals surface area contributed by atoms with Gasteiger partial charge in [-0.05, 0) is 53.6 Å². The Morgan fingerprint density at radius 2 is 1.74 bits per heavy atom. The lowest BCUT2D eigenvalue weighted by Crippen LogP contribution is -2.20. The van der Waals surface area contributed by atoms with Crippen molar-refractivity contribution in [3.63, 3.8) is 0 Å². The number of aromatic nitrogens is 2. The van der Waals surface area contributed by atoms with Gasteiger partial charge in [0.15, 0.2) is 28.8 Å². The Labute approximate surface area is 218 Å². The van der Waals surface area contributed by atoms with Crippen molar-refractivity contribution in [1.82, 2.24) is 9.66 Å². The zero-order chi connectivity index (χ0) is 25.9. The molecule has 38 heavy (non-hydrogen) atoms. The van der Waals surface area contributed by atoms with Gasteiger partial charge in [0.25, 0.3) is 5.56 Å². The van der Waals surface area contributed by atoms with Gasteiger partial charge in [-0.2, -0.15) is 9.78 Å². The van der Waals surface area contributed by atoms with E-state index in [9.17, 15) is 4.79 Å². The molecule has 0 amide bonds. The van der Waals surface area contributed by atoms with Crippen molar-refractivity contribution >= 4 is 17.1 Å². The summed E-state index contributed by atoms with van der Waals surface area (Å²) in [5, 5.41) is 5.02. The van der Waals surface area contributed by atoms with Gasteiger partial charge in [0.2, 0.25) is 6.79 Å². The summed E-state index contributed by atoms with van der Waals surface area (Å²) in [6, 6.07) is 27.9. The smallest absolute Gasteiger partial charge is 0.282 e. The lowest BCUT2D eigenvalue weighted by atomic mass is 10.2. The largest absolute Gasteiger partial charge is 0.493 e. The molecule has 0 saturated carbocycles. The summed E-state index contributed by atoms with van der Waals surface area (Å²) < 4.78 is 23.7. The molecule has 8 heteroatoms. The van der Waals surface area contributed by atoms with E-state index in [1.807, 2.05) is 78.9 Å². The Morgan fingerprint density at radius 3 is 2.61 bits per heavy atom. The van der Waals surface area contributed by atoms with Gasteiger partial charge in [-0.1, -0.05) is 48.5 Å². The summed E-state index contributed by atoms with van der Waals surface area (Å²) >= 11 is 0. The Bertz CT molecular complexity index is 1710. The van der Waals surface area contributed by atoms with E-state index in [2.05, 4.69) is 5.10 Å². The van der Waals surface area contributed by atoms with Gasteiger partial charge >= 0.3 is 0 Å². The first kappa shape index (κ1) is 23.3.